The topological polar surface area (TPSA) is 69.6 Å². The molecular formula is C14H23N5OS. The number of hydrogen-bond acceptors (Lipinski definition) is 4. The molecule has 21 heavy (non-hydrogen) atoms. The van der Waals surface area contributed by atoms with Crippen molar-refractivity contribution in [1.29, 1.82) is 0 Å². The van der Waals surface area contributed by atoms with Crippen molar-refractivity contribution in [3.63, 3.8) is 0 Å². The normalized spacial score (nSPS) is 15.0. The maximum absolute atomic E-state index is 11.6. The molecule has 0 atom stereocenters. The minimum absolute atomic E-state index is 0.00304. The lowest BCUT2D eigenvalue weighted by Gasteiger charge is -2.13. The number of carbonyl (C=O) groups excluding carboxylic acids is 1. The number of aryl methyl sites for hydroxylation is 2. The van der Waals surface area contributed by atoms with Crippen molar-refractivity contribution < 1.29 is 4.79 Å². The van der Waals surface area contributed by atoms with E-state index < -0.39 is 0 Å². The van der Waals surface area contributed by atoms with E-state index >= 15 is 0 Å². The van der Waals surface area contributed by atoms with Gasteiger partial charge in [0.2, 0.25) is 5.91 Å². The van der Waals surface area contributed by atoms with Crippen LogP contribution < -0.4 is 10.6 Å². The first-order valence-electron chi connectivity index (χ1n) is 7.13. The van der Waals surface area contributed by atoms with Crippen LogP contribution in [0, 0.1) is 13.8 Å². The van der Waals surface area contributed by atoms with Crippen molar-refractivity contribution in [1.82, 2.24) is 20.5 Å². The summed E-state index contributed by atoms with van der Waals surface area (Å²) in [5, 5.41) is 7.70. The molecule has 0 aromatic carbocycles. The molecule has 1 aliphatic carbocycles. The predicted molar refractivity (Wildman–Crippen MR) is 85.6 cm³/mol. The van der Waals surface area contributed by atoms with Gasteiger partial charge in [-0.25, -0.2) is 9.98 Å². The number of likely N-dealkylation sites (N-methyl/N-ethyl adjacent to an activating group) is 1. The highest BCUT2D eigenvalue weighted by molar-refractivity contribution is 7.11. The van der Waals surface area contributed by atoms with E-state index in [9.17, 15) is 4.79 Å². The molecule has 1 heterocycles. The molecule has 2 rings (SSSR count). The lowest BCUT2D eigenvalue weighted by molar-refractivity contribution is -0.127. The zero-order valence-corrected chi connectivity index (χ0v) is 13.9. The molecule has 1 amide bonds. The fraction of sp³-hybridized carbons (Fsp3) is 0.643. The van der Waals surface area contributed by atoms with Crippen LogP contribution in [0.5, 0.6) is 0 Å². The van der Waals surface area contributed by atoms with Gasteiger partial charge in [-0.05, 0) is 26.7 Å². The molecule has 0 unspecified atom stereocenters. The third kappa shape index (κ3) is 5.00. The Morgan fingerprint density at radius 1 is 1.43 bits per heavy atom. The Hall–Kier alpha value is -1.63. The van der Waals surface area contributed by atoms with Gasteiger partial charge < -0.3 is 15.5 Å². The van der Waals surface area contributed by atoms with Crippen LogP contribution in [0.2, 0.25) is 0 Å². The largest absolute Gasteiger partial charge is 0.354 e. The van der Waals surface area contributed by atoms with Crippen LogP contribution in [-0.4, -0.2) is 48.4 Å². The van der Waals surface area contributed by atoms with Crippen LogP contribution in [0.4, 0.5) is 0 Å². The summed E-state index contributed by atoms with van der Waals surface area (Å²) in [6.07, 6.45) is 2.34. The highest BCUT2D eigenvalue weighted by Crippen LogP contribution is 2.19. The van der Waals surface area contributed by atoms with Crippen LogP contribution in [-0.2, 0) is 11.3 Å². The Morgan fingerprint density at radius 2 is 2.14 bits per heavy atom. The lowest BCUT2D eigenvalue weighted by atomic mass is 10.4. The van der Waals surface area contributed by atoms with Gasteiger partial charge in [0.25, 0.3) is 0 Å². The summed E-state index contributed by atoms with van der Waals surface area (Å²) in [5.41, 5.74) is 1.06. The van der Waals surface area contributed by atoms with Crippen molar-refractivity contribution in [2.75, 3.05) is 20.6 Å². The zero-order valence-electron chi connectivity index (χ0n) is 13.1. The molecule has 1 aromatic rings. The third-order valence-electron chi connectivity index (χ3n) is 3.21. The van der Waals surface area contributed by atoms with Crippen LogP contribution in [0.15, 0.2) is 4.99 Å². The summed E-state index contributed by atoms with van der Waals surface area (Å²) in [4.78, 5) is 23.2. The van der Waals surface area contributed by atoms with Gasteiger partial charge in [-0.2, -0.15) is 0 Å². The number of amides is 1. The fourth-order valence-electron chi connectivity index (χ4n) is 1.76. The van der Waals surface area contributed by atoms with E-state index in [4.69, 9.17) is 0 Å². The number of rotatable bonds is 5. The minimum Gasteiger partial charge on any atom is -0.354 e. The monoisotopic (exact) mass is 309 g/mol. The summed E-state index contributed by atoms with van der Waals surface area (Å²) >= 11 is 1.69. The quantitative estimate of drug-likeness (QED) is 0.630. The van der Waals surface area contributed by atoms with E-state index in [1.165, 1.54) is 17.7 Å². The Labute approximate surface area is 129 Å². The molecule has 116 valence electrons. The van der Waals surface area contributed by atoms with E-state index in [1.54, 1.807) is 30.3 Å². The van der Waals surface area contributed by atoms with Crippen LogP contribution in [0.25, 0.3) is 0 Å². The second-order valence-electron chi connectivity index (χ2n) is 5.47. The van der Waals surface area contributed by atoms with Crippen molar-refractivity contribution in [3.8, 4) is 0 Å². The van der Waals surface area contributed by atoms with Crippen molar-refractivity contribution in [2.24, 2.45) is 4.99 Å². The van der Waals surface area contributed by atoms with Gasteiger partial charge in [0.1, 0.15) is 6.54 Å². The molecular weight excluding hydrogens is 286 g/mol. The first-order chi connectivity index (χ1) is 9.95. The molecule has 0 bridgehead atoms. The van der Waals surface area contributed by atoms with Gasteiger partial charge in [-0.15, -0.1) is 11.3 Å². The van der Waals surface area contributed by atoms with E-state index in [0.717, 1.165) is 10.7 Å². The predicted octanol–water partition coefficient (Wildman–Crippen LogP) is 1.05. The number of guanidine groups is 1. The van der Waals surface area contributed by atoms with E-state index in [0.29, 0.717) is 18.5 Å². The van der Waals surface area contributed by atoms with Crippen molar-refractivity contribution in [3.05, 3.63) is 15.6 Å². The van der Waals surface area contributed by atoms with Crippen LogP contribution in [0.3, 0.4) is 0 Å². The highest BCUT2D eigenvalue weighted by atomic mass is 32.1. The number of aliphatic imine (C=N–C) groups is 1. The number of aromatic nitrogens is 1. The second-order valence-corrected chi connectivity index (χ2v) is 6.75. The molecule has 0 aliphatic heterocycles. The van der Waals surface area contributed by atoms with Crippen molar-refractivity contribution in [2.45, 2.75) is 39.3 Å². The van der Waals surface area contributed by atoms with Gasteiger partial charge in [-0.3, -0.25) is 4.79 Å². The SMILES string of the molecule is Cc1nc(C)c(CNC(=NCC(=O)N(C)C)NC2CC2)s1. The third-order valence-corrected chi connectivity index (χ3v) is 4.28. The molecule has 1 saturated carbocycles. The maximum atomic E-state index is 11.6. The molecule has 0 spiro atoms. The van der Waals surface area contributed by atoms with Gasteiger partial charge in [0.05, 0.1) is 17.2 Å². The first-order valence-corrected chi connectivity index (χ1v) is 7.95. The minimum atomic E-state index is -0.00304. The number of carbonyl (C=O) groups is 1. The van der Waals surface area contributed by atoms with Gasteiger partial charge in [0, 0.05) is 25.0 Å². The standard InChI is InChI=1S/C14H23N5OS/c1-9-12(21-10(2)17-9)7-15-14(18-11-5-6-11)16-8-13(20)19(3)4/h11H,5-8H2,1-4H3,(H2,15,16,18). The smallest absolute Gasteiger partial charge is 0.243 e. The summed E-state index contributed by atoms with van der Waals surface area (Å²) in [6.45, 7) is 4.87. The Bertz CT molecular complexity index is 533. The average molecular weight is 309 g/mol. The lowest BCUT2D eigenvalue weighted by Crippen LogP contribution is -2.39. The second kappa shape index (κ2) is 6.89. The van der Waals surface area contributed by atoms with Crippen molar-refractivity contribution >= 4 is 23.2 Å². The van der Waals surface area contributed by atoms with E-state index in [1.807, 2.05) is 13.8 Å². The molecule has 1 fully saturated rings. The van der Waals surface area contributed by atoms with Gasteiger partial charge >= 0.3 is 0 Å². The summed E-state index contributed by atoms with van der Waals surface area (Å²) in [7, 11) is 3.48. The molecule has 6 nitrogen and oxygen atoms in total. The highest BCUT2D eigenvalue weighted by Gasteiger charge is 2.22. The first kappa shape index (κ1) is 15.8. The summed E-state index contributed by atoms with van der Waals surface area (Å²) < 4.78 is 0. The Balaban J connectivity index is 1.94. The van der Waals surface area contributed by atoms with Gasteiger partial charge in [0.15, 0.2) is 5.96 Å². The average Bonchev–Trinajstić information content (AvgIpc) is 3.17. The fourth-order valence-corrected chi connectivity index (χ4v) is 2.64. The van der Waals surface area contributed by atoms with Gasteiger partial charge in [-0.1, -0.05) is 0 Å². The van der Waals surface area contributed by atoms with E-state index in [-0.39, 0.29) is 12.5 Å². The van der Waals surface area contributed by atoms with Crippen LogP contribution >= 0.6 is 11.3 Å². The number of nitrogens with one attached hydrogen (secondary N) is 2. The number of thiazole rings is 1. The summed E-state index contributed by atoms with van der Waals surface area (Å²) in [6, 6.07) is 0.495. The molecule has 7 heteroatoms. The molecule has 1 aliphatic rings. The molecule has 0 radical (unpaired) electrons. The number of nitrogens with zero attached hydrogens (tertiary/aromatic N) is 3. The maximum Gasteiger partial charge on any atom is 0.243 e. The molecule has 0 saturated heterocycles. The Kier molecular flexibility index (Phi) is 5.17. The Morgan fingerprint density at radius 3 is 2.67 bits per heavy atom. The zero-order chi connectivity index (χ0) is 15.4. The number of hydrogen-bond donors (Lipinski definition) is 2. The van der Waals surface area contributed by atoms with Crippen LogP contribution in [0.1, 0.15) is 28.4 Å². The summed E-state index contributed by atoms with van der Waals surface area (Å²) in [5.74, 6) is 0.704. The molecule has 1 aromatic heterocycles. The van der Waals surface area contributed by atoms with E-state index in [2.05, 4.69) is 20.6 Å². The molecule has 2 N–H and O–H groups in total.